The lowest BCUT2D eigenvalue weighted by Gasteiger charge is -2.19. The summed E-state index contributed by atoms with van der Waals surface area (Å²) in [5.74, 6) is 0.0170. The van der Waals surface area contributed by atoms with Gasteiger partial charge in [-0.2, -0.15) is 0 Å². The number of rotatable bonds is 7. The number of benzene rings is 1. The Balaban J connectivity index is 1.43. The second-order valence-electron chi connectivity index (χ2n) is 6.80. The summed E-state index contributed by atoms with van der Waals surface area (Å²) in [5, 5.41) is 3.06. The molecule has 0 aliphatic carbocycles. The minimum Gasteiger partial charge on any atom is -0.352 e. The lowest BCUT2D eigenvalue weighted by molar-refractivity contribution is 0.0951. The normalized spacial score (nSPS) is 15.7. The molecule has 2 heterocycles. The van der Waals surface area contributed by atoms with Crippen LogP contribution in [0.2, 0.25) is 0 Å². The van der Waals surface area contributed by atoms with Crippen molar-refractivity contribution in [2.45, 2.75) is 38.6 Å². The number of hydrogen-bond acceptors (Lipinski definition) is 3. The molecule has 0 unspecified atom stereocenters. The van der Waals surface area contributed by atoms with Crippen LogP contribution in [0.25, 0.3) is 0 Å². The molecule has 1 aliphatic rings. The first-order valence-electron chi connectivity index (χ1n) is 9.36. The monoisotopic (exact) mass is 340 g/mol. The molecule has 0 saturated carbocycles. The Morgan fingerprint density at radius 2 is 2.00 bits per heavy atom. The Hall–Kier alpha value is -2.14. The molecule has 3 rings (SSSR count). The van der Waals surface area contributed by atoms with Crippen LogP contribution in [0.5, 0.6) is 0 Å². The molecule has 1 N–H and O–H groups in total. The van der Waals surface area contributed by atoms with Gasteiger partial charge in [0.1, 0.15) is 0 Å². The van der Waals surface area contributed by atoms with Crippen LogP contribution in [-0.4, -0.2) is 46.5 Å². The number of aromatic nitrogens is 2. The fourth-order valence-corrected chi connectivity index (χ4v) is 3.37. The van der Waals surface area contributed by atoms with Gasteiger partial charge in [-0.15, -0.1) is 0 Å². The topological polar surface area (TPSA) is 50.2 Å². The number of likely N-dealkylation sites (tertiary alicyclic amines) is 1. The Bertz CT molecular complexity index is 645. The van der Waals surface area contributed by atoms with E-state index in [1.165, 1.54) is 38.8 Å². The van der Waals surface area contributed by atoms with Gasteiger partial charge in [-0.3, -0.25) is 4.79 Å². The third kappa shape index (κ3) is 5.71. The van der Waals surface area contributed by atoms with Gasteiger partial charge in [0.15, 0.2) is 0 Å². The van der Waals surface area contributed by atoms with E-state index in [0.29, 0.717) is 0 Å². The van der Waals surface area contributed by atoms with Crippen LogP contribution < -0.4 is 5.32 Å². The molecule has 0 bridgehead atoms. The zero-order valence-corrected chi connectivity index (χ0v) is 14.9. The molecule has 1 aromatic heterocycles. The molecular formula is C20H28N4O. The second-order valence-corrected chi connectivity index (χ2v) is 6.80. The van der Waals surface area contributed by atoms with E-state index in [1.807, 2.05) is 35.0 Å². The number of imidazole rings is 1. The van der Waals surface area contributed by atoms with Crippen LogP contribution in [0.4, 0.5) is 0 Å². The van der Waals surface area contributed by atoms with Crippen LogP contribution in [-0.2, 0) is 6.54 Å². The molecule has 25 heavy (non-hydrogen) atoms. The van der Waals surface area contributed by atoms with Gasteiger partial charge in [0.2, 0.25) is 0 Å². The molecule has 1 aliphatic heterocycles. The molecule has 5 nitrogen and oxygen atoms in total. The van der Waals surface area contributed by atoms with Crippen LogP contribution in [0, 0.1) is 0 Å². The molecule has 1 aromatic carbocycles. The van der Waals surface area contributed by atoms with Crippen molar-refractivity contribution in [3.05, 3.63) is 54.1 Å². The van der Waals surface area contributed by atoms with Crippen molar-refractivity contribution in [1.29, 1.82) is 0 Å². The van der Waals surface area contributed by atoms with Gasteiger partial charge in [-0.1, -0.05) is 25.0 Å². The average Bonchev–Trinajstić information content (AvgIpc) is 3.00. The number of carbonyl (C=O) groups excluding carboxylic acids is 1. The second kappa shape index (κ2) is 9.37. The van der Waals surface area contributed by atoms with Crippen LogP contribution in [0.3, 0.4) is 0 Å². The van der Waals surface area contributed by atoms with E-state index in [1.54, 1.807) is 12.5 Å². The SMILES string of the molecule is O=C(NCCCN1CCCCCC1)c1cccc(Cn2ccnc2)c1. The van der Waals surface area contributed by atoms with Gasteiger partial charge in [0, 0.05) is 31.0 Å². The standard InChI is InChI=1S/C20H28N4O/c25-20(22-9-6-13-23-11-3-1-2-4-12-23)19-8-5-7-18(15-19)16-24-14-10-21-17-24/h5,7-8,10,14-15,17H,1-4,6,9,11-13,16H2,(H,22,25). The Morgan fingerprint density at radius 3 is 2.76 bits per heavy atom. The molecule has 0 radical (unpaired) electrons. The summed E-state index contributed by atoms with van der Waals surface area (Å²) < 4.78 is 2.00. The lowest BCUT2D eigenvalue weighted by atomic mass is 10.1. The number of hydrogen-bond donors (Lipinski definition) is 1. The van der Waals surface area contributed by atoms with E-state index >= 15 is 0 Å². The maximum atomic E-state index is 12.4. The summed E-state index contributed by atoms with van der Waals surface area (Å²) in [6.45, 7) is 4.98. The van der Waals surface area contributed by atoms with Gasteiger partial charge >= 0.3 is 0 Å². The van der Waals surface area contributed by atoms with E-state index < -0.39 is 0 Å². The molecule has 5 heteroatoms. The third-order valence-corrected chi connectivity index (χ3v) is 4.75. The number of amides is 1. The molecule has 1 saturated heterocycles. The lowest BCUT2D eigenvalue weighted by Crippen LogP contribution is -2.30. The summed E-state index contributed by atoms with van der Waals surface area (Å²) >= 11 is 0. The van der Waals surface area contributed by atoms with Crippen molar-refractivity contribution >= 4 is 5.91 Å². The van der Waals surface area contributed by atoms with Crippen LogP contribution >= 0.6 is 0 Å². The first-order valence-corrected chi connectivity index (χ1v) is 9.36. The molecule has 1 amide bonds. The Morgan fingerprint density at radius 1 is 1.16 bits per heavy atom. The fourth-order valence-electron chi connectivity index (χ4n) is 3.37. The van der Waals surface area contributed by atoms with Gasteiger partial charge < -0.3 is 14.8 Å². The highest BCUT2D eigenvalue weighted by Gasteiger charge is 2.09. The molecule has 0 spiro atoms. The zero-order valence-electron chi connectivity index (χ0n) is 14.9. The summed E-state index contributed by atoms with van der Waals surface area (Å²) in [4.78, 5) is 18.9. The largest absolute Gasteiger partial charge is 0.352 e. The van der Waals surface area contributed by atoms with E-state index in [-0.39, 0.29) is 5.91 Å². The quantitative estimate of drug-likeness (QED) is 0.789. The summed E-state index contributed by atoms with van der Waals surface area (Å²) in [6.07, 6.45) is 11.9. The van der Waals surface area contributed by atoms with Crippen LogP contribution in [0.15, 0.2) is 43.0 Å². The van der Waals surface area contributed by atoms with Crippen molar-refractivity contribution in [3.63, 3.8) is 0 Å². The van der Waals surface area contributed by atoms with Gasteiger partial charge in [0.25, 0.3) is 5.91 Å². The molecule has 0 atom stereocenters. The molecule has 2 aromatic rings. The van der Waals surface area contributed by atoms with Crippen molar-refractivity contribution < 1.29 is 4.79 Å². The number of nitrogens with zero attached hydrogens (tertiary/aromatic N) is 3. The Labute approximate surface area is 150 Å². The summed E-state index contributed by atoms with van der Waals surface area (Å²) in [5.41, 5.74) is 1.84. The van der Waals surface area contributed by atoms with E-state index in [9.17, 15) is 4.79 Å². The van der Waals surface area contributed by atoms with E-state index in [4.69, 9.17) is 0 Å². The highest BCUT2D eigenvalue weighted by atomic mass is 16.1. The van der Waals surface area contributed by atoms with Gasteiger partial charge in [-0.25, -0.2) is 4.98 Å². The summed E-state index contributed by atoms with van der Waals surface area (Å²) in [6, 6.07) is 7.82. The van der Waals surface area contributed by atoms with Crippen molar-refractivity contribution in [3.8, 4) is 0 Å². The van der Waals surface area contributed by atoms with E-state index in [2.05, 4.69) is 15.2 Å². The minimum atomic E-state index is 0.0170. The predicted molar refractivity (Wildman–Crippen MR) is 99.6 cm³/mol. The smallest absolute Gasteiger partial charge is 0.251 e. The number of nitrogens with one attached hydrogen (secondary N) is 1. The predicted octanol–water partition coefficient (Wildman–Crippen LogP) is 2.93. The highest BCUT2D eigenvalue weighted by molar-refractivity contribution is 5.94. The maximum Gasteiger partial charge on any atom is 0.251 e. The molecule has 1 fully saturated rings. The zero-order chi connectivity index (χ0) is 17.3. The molecular weight excluding hydrogens is 312 g/mol. The third-order valence-electron chi connectivity index (χ3n) is 4.75. The molecule has 134 valence electrons. The number of carbonyl (C=O) groups is 1. The van der Waals surface area contributed by atoms with Crippen molar-refractivity contribution in [1.82, 2.24) is 19.8 Å². The summed E-state index contributed by atoms with van der Waals surface area (Å²) in [7, 11) is 0. The minimum absolute atomic E-state index is 0.0170. The van der Waals surface area contributed by atoms with E-state index in [0.717, 1.165) is 37.2 Å². The first-order chi connectivity index (χ1) is 12.3. The maximum absolute atomic E-state index is 12.4. The highest BCUT2D eigenvalue weighted by Crippen LogP contribution is 2.10. The Kier molecular flexibility index (Phi) is 6.63. The fraction of sp³-hybridized carbons (Fsp3) is 0.500. The van der Waals surface area contributed by atoms with Crippen LogP contribution in [0.1, 0.15) is 48.0 Å². The van der Waals surface area contributed by atoms with Crippen molar-refractivity contribution in [2.75, 3.05) is 26.2 Å². The van der Waals surface area contributed by atoms with Gasteiger partial charge in [0.05, 0.1) is 6.33 Å². The first kappa shape index (κ1) is 17.7. The van der Waals surface area contributed by atoms with Gasteiger partial charge in [-0.05, 0) is 56.6 Å². The van der Waals surface area contributed by atoms with Crippen molar-refractivity contribution in [2.24, 2.45) is 0 Å². The average molecular weight is 340 g/mol.